The highest BCUT2D eigenvalue weighted by molar-refractivity contribution is 5.83. The number of carbonyl (C=O) groups is 1. The van der Waals surface area contributed by atoms with E-state index in [1.165, 1.54) is 10.9 Å². The molecule has 5 heteroatoms. The number of benzene rings is 1. The van der Waals surface area contributed by atoms with Crippen LogP contribution in [0.4, 0.5) is 0 Å². The van der Waals surface area contributed by atoms with Crippen LogP contribution in [-0.4, -0.2) is 32.4 Å². The summed E-state index contributed by atoms with van der Waals surface area (Å²) in [6, 6.07) is 8.27. The molecule has 120 valence electrons. The van der Waals surface area contributed by atoms with Crippen molar-refractivity contribution >= 4 is 16.8 Å². The van der Waals surface area contributed by atoms with Gasteiger partial charge in [-0.15, -0.1) is 0 Å². The number of hydrogen-bond donors (Lipinski definition) is 1. The molecule has 0 bridgehead atoms. The van der Waals surface area contributed by atoms with Gasteiger partial charge in [-0.1, -0.05) is 18.2 Å². The molecule has 0 radical (unpaired) electrons. The van der Waals surface area contributed by atoms with Gasteiger partial charge in [0.1, 0.15) is 5.82 Å². The zero-order valence-electron chi connectivity index (χ0n) is 13.6. The fourth-order valence-corrected chi connectivity index (χ4v) is 2.81. The number of amides is 1. The number of nitrogens with zero attached hydrogens (tertiary/aromatic N) is 3. The van der Waals surface area contributed by atoms with Crippen molar-refractivity contribution in [2.75, 3.05) is 7.05 Å². The Balaban J connectivity index is 1.52. The number of aryl methyl sites for hydroxylation is 2. The minimum atomic E-state index is 0.160. The van der Waals surface area contributed by atoms with Gasteiger partial charge in [-0.2, -0.15) is 0 Å². The van der Waals surface area contributed by atoms with Gasteiger partial charge in [-0.3, -0.25) is 4.79 Å². The standard InChI is InChI=1S/C18H22N4O/c1-21-11-10-19-17(21)13-22(2)18(23)9-5-6-14-12-20-16-8-4-3-7-15(14)16/h3-4,7-8,10-12,20H,5-6,9,13H2,1-2H3. The molecule has 3 aromatic rings. The largest absolute Gasteiger partial charge is 0.361 e. The highest BCUT2D eigenvalue weighted by Gasteiger charge is 2.12. The summed E-state index contributed by atoms with van der Waals surface area (Å²) < 4.78 is 1.94. The van der Waals surface area contributed by atoms with E-state index in [9.17, 15) is 4.79 Å². The first-order chi connectivity index (χ1) is 11.1. The number of aromatic nitrogens is 3. The lowest BCUT2D eigenvalue weighted by molar-refractivity contribution is -0.130. The molecule has 0 aliphatic carbocycles. The van der Waals surface area contributed by atoms with Crippen molar-refractivity contribution in [3.8, 4) is 0 Å². The molecule has 0 saturated carbocycles. The zero-order valence-corrected chi connectivity index (χ0v) is 13.6. The van der Waals surface area contributed by atoms with Crippen molar-refractivity contribution in [3.05, 3.63) is 54.2 Å². The van der Waals surface area contributed by atoms with Gasteiger partial charge in [0.15, 0.2) is 0 Å². The number of hydrogen-bond acceptors (Lipinski definition) is 2. The second kappa shape index (κ2) is 6.69. The quantitative estimate of drug-likeness (QED) is 0.761. The first-order valence-electron chi connectivity index (χ1n) is 7.90. The van der Waals surface area contributed by atoms with Gasteiger partial charge in [0.25, 0.3) is 0 Å². The summed E-state index contributed by atoms with van der Waals surface area (Å²) >= 11 is 0. The zero-order chi connectivity index (χ0) is 16.2. The van der Waals surface area contributed by atoms with Crippen LogP contribution < -0.4 is 0 Å². The van der Waals surface area contributed by atoms with E-state index in [1.54, 1.807) is 11.1 Å². The van der Waals surface area contributed by atoms with Crippen molar-refractivity contribution in [2.45, 2.75) is 25.8 Å². The van der Waals surface area contributed by atoms with Crippen molar-refractivity contribution in [1.29, 1.82) is 0 Å². The number of imidazole rings is 1. The van der Waals surface area contributed by atoms with Crippen molar-refractivity contribution in [3.63, 3.8) is 0 Å². The maximum Gasteiger partial charge on any atom is 0.222 e. The van der Waals surface area contributed by atoms with Crippen LogP contribution in [-0.2, 0) is 24.8 Å². The molecule has 0 atom stereocenters. The molecule has 5 nitrogen and oxygen atoms in total. The lowest BCUT2D eigenvalue weighted by Gasteiger charge is -2.16. The minimum absolute atomic E-state index is 0.160. The van der Waals surface area contributed by atoms with E-state index in [0.29, 0.717) is 13.0 Å². The highest BCUT2D eigenvalue weighted by Crippen LogP contribution is 2.19. The van der Waals surface area contributed by atoms with Crippen LogP contribution >= 0.6 is 0 Å². The Morgan fingerprint density at radius 2 is 2.17 bits per heavy atom. The summed E-state index contributed by atoms with van der Waals surface area (Å²) in [7, 11) is 3.78. The van der Waals surface area contributed by atoms with Crippen LogP contribution in [0.3, 0.4) is 0 Å². The Hall–Kier alpha value is -2.56. The maximum atomic E-state index is 12.3. The van der Waals surface area contributed by atoms with Crippen LogP contribution in [0, 0.1) is 0 Å². The molecule has 1 aromatic carbocycles. The van der Waals surface area contributed by atoms with Crippen LogP contribution in [0.25, 0.3) is 10.9 Å². The van der Waals surface area contributed by atoms with Crippen molar-refractivity contribution in [1.82, 2.24) is 19.4 Å². The first kappa shape index (κ1) is 15.3. The SMILES string of the molecule is CN(Cc1nccn1C)C(=O)CCCc1c[nH]c2ccccc12. The molecule has 2 aromatic heterocycles. The maximum absolute atomic E-state index is 12.3. The summed E-state index contributed by atoms with van der Waals surface area (Å²) in [5, 5.41) is 1.25. The molecule has 23 heavy (non-hydrogen) atoms. The van der Waals surface area contributed by atoms with Crippen LogP contribution in [0.1, 0.15) is 24.2 Å². The highest BCUT2D eigenvalue weighted by atomic mass is 16.2. The van der Waals surface area contributed by atoms with Gasteiger partial charge in [0.05, 0.1) is 6.54 Å². The van der Waals surface area contributed by atoms with E-state index < -0.39 is 0 Å². The molecular formula is C18H22N4O. The lowest BCUT2D eigenvalue weighted by atomic mass is 10.1. The molecule has 3 rings (SSSR count). The van der Waals surface area contributed by atoms with Crippen LogP contribution in [0.2, 0.25) is 0 Å². The average Bonchev–Trinajstić information content (AvgIpc) is 3.14. The third kappa shape index (κ3) is 3.44. The van der Waals surface area contributed by atoms with E-state index in [1.807, 2.05) is 43.2 Å². The van der Waals surface area contributed by atoms with Gasteiger partial charge in [-0.05, 0) is 24.5 Å². The summed E-state index contributed by atoms with van der Waals surface area (Å²) in [6.45, 7) is 0.551. The normalized spacial score (nSPS) is 11.0. The molecule has 0 saturated heterocycles. The van der Waals surface area contributed by atoms with Gasteiger partial charge < -0.3 is 14.5 Å². The smallest absolute Gasteiger partial charge is 0.222 e. The van der Waals surface area contributed by atoms with E-state index >= 15 is 0 Å². The predicted octanol–water partition coefficient (Wildman–Crippen LogP) is 2.88. The number of rotatable bonds is 6. The van der Waals surface area contributed by atoms with Gasteiger partial charge in [0.2, 0.25) is 5.91 Å². The number of carbonyl (C=O) groups excluding carboxylic acids is 1. The monoisotopic (exact) mass is 310 g/mol. The first-order valence-corrected chi connectivity index (χ1v) is 7.90. The Kier molecular flexibility index (Phi) is 4.46. The van der Waals surface area contributed by atoms with Crippen molar-refractivity contribution < 1.29 is 4.79 Å². The third-order valence-corrected chi connectivity index (χ3v) is 4.24. The molecule has 0 unspecified atom stereocenters. The summed E-state index contributed by atoms with van der Waals surface area (Å²) in [5.74, 6) is 1.06. The number of nitrogens with one attached hydrogen (secondary N) is 1. The Morgan fingerprint density at radius 3 is 2.96 bits per heavy atom. The van der Waals surface area contributed by atoms with E-state index in [0.717, 1.165) is 24.2 Å². The van der Waals surface area contributed by atoms with Gasteiger partial charge in [0, 0.05) is 50.0 Å². The second-order valence-electron chi connectivity index (χ2n) is 5.92. The summed E-state index contributed by atoms with van der Waals surface area (Å²) in [5.41, 5.74) is 2.43. The number of aromatic amines is 1. The Morgan fingerprint density at radius 1 is 1.35 bits per heavy atom. The number of fused-ring (bicyclic) bond motifs is 1. The minimum Gasteiger partial charge on any atom is -0.361 e. The number of H-pyrrole nitrogens is 1. The predicted molar refractivity (Wildman–Crippen MR) is 90.9 cm³/mol. The number of para-hydroxylation sites is 1. The van der Waals surface area contributed by atoms with E-state index in [4.69, 9.17) is 0 Å². The fourth-order valence-electron chi connectivity index (χ4n) is 2.81. The van der Waals surface area contributed by atoms with Gasteiger partial charge >= 0.3 is 0 Å². The molecule has 1 N–H and O–H groups in total. The molecule has 1 amide bonds. The van der Waals surface area contributed by atoms with Crippen molar-refractivity contribution in [2.24, 2.45) is 7.05 Å². The Bertz CT molecular complexity index is 802. The van der Waals surface area contributed by atoms with Crippen LogP contribution in [0.15, 0.2) is 42.9 Å². The van der Waals surface area contributed by atoms with Gasteiger partial charge in [-0.25, -0.2) is 4.98 Å². The van der Waals surface area contributed by atoms with E-state index in [2.05, 4.69) is 22.1 Å². The topological polar surface area (TPSA) is 53.9 Å². The third-order valence-electron chi connectivity index (χ3n) is 4.24. The Labute approximate surface area is 135 Å². The second-order valence-corrected chi connectivity index (χ2v) is 5.92. The lowest BCUT2D eigenvalue weighted by Crippen LogP contribution is -2.27. The fraction of sp³-hybridized carbons (Fsp3) is 0.333. The van der Waals surface area contributed by atoms with Crippen LogP contribution in [0.5, 0.6) is 0 Å². The molecule has 0 aliphatic rings. The summed E-state index contributed by atoms with van der Waals surface area (Å²) in [4.78, 5) is 21.5. The molecule has 2 heterocycles. The average molecular weight is 310 g/mol. The molecule has 0 spiro atoms. The molecular weight excluding hydrogens is 288 g/mol. The summed E-state index contributed by atoms with van der Waals surface area (Å²) in [6.07, 6.45) is 8.01. The molecule has 0 fully saturated rings. The van der Waals surface area contributed by atoms with E-state index in [-0.39, 0.29) is 5.91 Å². The molecule has 0 aliphatic heterocycles.